The molecular formula is C28H33F. The van der Waals surface area contributed by atoms with Gasteiger partial charge in [-0.25, -0.2) is 4.39 Å². The van der Waals surface area contributed by atoms with Crippen LogP contribution < -0.4 is 0 Å². The monoisotopic (exact) mass is 388 g/mol. The normalized spacial score (nSPS) is 19.5. The summed E-state index contributed by atoms with van der Waals surface area (Å²) in [5.74, 6) is 1.47. The van der Waals surface area contributed by atoms with Crippen LogP contribution in [0.4, 0.5) is 4.39 Å². The molecule has 0 unspecified atom stereocenters. The molecule has 1 aliphatic rings. The molecular weight excluding hydrogens is 355 g/mol. The Bertz CT molecular complexity index is 920. The molecule has 0 heterocycles. The van der Waals surface area contributed by atoms with E-state index in [2.05, 4.69) is 25.1 Å². The van der Waals surface area contributed by atoms with Crippen molar-refractivity contribution in [3.05, 3.63) is 72.0 Å². The van der Waals surface area contributed by atoms with Crippen LogP contribution in [0.3, 0.4) is 0 Å². The molecule has 0 aromatic heterocycles. The minimum atomic E-state index is -0.101. The molecule has 4 rings (SSSR count). The highest BCUT2D eigenvalue weighted by Crippen LogP contribution is 2.39. The van der Waals surface area contributed by atoms with Gasteiger partial charge in [-0.05, 0) is 54.0 Å². The third-order valence-corrected chi connectivity index (χ3v) is 6.85. The van der Waals surface area contributed by atoms with E-state index in [0.717, 1.165) is 22.3 Å². The van der Waals surface area contributed by atoms with Crippen LogP contribution in [-0.4, -0.2) is 0 Å². The molecule has 1 aliphatic carbocycles. The zero-order valence-electron chi connectivity index (χ0n) is 17.7. The number of hydrogen-bond donors (Lipinski definition) is 0. The van der Waals surface area contributed by atoms with Gasteiger partial charge in [-0.1, -0.05) is 99.7 Å². The van der Waals surface area contributed by atoms with Crippen molar-refractivity contribution in [2.24, 2.45) is 5.92 Å². The molecule has 0 radical (unpaired) electrons. The van der Waals surface area contributed by atoms with E-state index in [-0.39, 0.29) is 5.82 Å². The standard InChI is InChI=1S/C28H33F/c1-2-3-4-6-9-21-12-14-22(15-13-21)24-16-18-27-25(20-24)17-19-26(28(27)29)23-10-7-5-8-11-23/h5,7-8,10-11,16-22H,2-4,6,9,12-15H2,1H3. The quantitative estimate of drug-likeness (QED) is 0.354. The summed E-state index contributed by atoms with van der Waals surface area (Å²) in [6, 6.07) is 20.3. The maximum Gasteiger partial charge on any atom is 0.138 e. The van der Waals surface area contributed by atoms with Gasteiger partial charge in [0.1, 0.15) is 5.82 Å². The van der Waals surface area contributed by atoms with Gasteiger partial charge in [-0.2, -0.15) is 0 Å². The Morgan fingerprint density at radius 2 is 1.62 bits per heavy atom. The molecule has 3 aromatic rings. The lowest BCUT2D eigenvalue weighted by molar-refractivity contribution is 0.302. The Balaban J connectivity index is 1.45. The summed E-state index contributed by atoms with van der Waals surface area (Å²) in [5.41, 5.74) is 3.02. The Hall–Kier alpha value is -2.15. The van der Waals surface area contributed by atoms with Crippen molar-refractivity contribution >= 4 is 10.8 Å². The molecule has 1 saturated carbocycles. The average Bonchev–Trinajstić information content (AvgIpc) is 2.78. The van der Waals surface area contributed by atoms with Gasteiger partial charge in [0, 0.05) is 10.9 Å². The van der Waals surface area contributed by atoms with E-state index in [1.165, 1.54) is 63.4 Å². The van der Waals surface area contributed by atoms with Crippen molar-refractivity contribution in [1.29, 1.82) is 0 Å². The molecule has 1 fully saturated rings. The second-order valence-corrected chi connectivity index (χ2v) is 8.84. The first kappa shape index (κ1) is 20.1. The van der Waals surface area contributed by atoms with Crippen molar-refractivity contribution in [3.8, 4) is 11.1 Å². The fourth-order valence-corrected chi connectivity index (χ4v) is 5.05. The molecule has 0 bridgehead atoms. The summed E-state index contributed by atoms with van der Waals surface area (Å²) in [5, 5.41) is 1.76. The van der Waals surface area contributed by atoms with E-state index < -0.39 is 0 Å². The fraction of sp³-hybridized carbons (Fsp3) is 0.429. The predicted molar refractivity (Wildman–Crippen MR) is 123 cm³/mol. The molecule has 0 N–H and O–H groups in total. The van der Waals surface area contributed by atoms with Crippen molar-refractivity contribution in [2.75, 3.05) is 0 Å². The summed E-state index contributed by atoms with van der Waals surface area (Å²) < 4.78 is 15.2. The first-order chi connectivity index (χ1) is 14.3. The van der Waals surface area contributed by atoms with Gasteiger partial charge in [-0.15, -0.1) is 0 Å². The lowest BCUT2D eigenvalue weighted by Gasteiger charge is -2.29. The van der Waals surface area contributed by atoms with Gasteiger partial charge in [0.05, 0.1) is 0 Å². The van der Waals surface area contributed by atoms with Crippen LogP contribution in [0.5, 0.6) is 0 Å². The smallest absolute Gasteiger partial charge is 0.138 e. The van der Waals surface area contributed by atoms with Crippen molar-refractivity contribution in [1.82, 2.24) is 0 Å². The molecule has 0 nitrogen and oxygen atoms in total. The Labute approximate surface area is 175 Å². The number of benzene rings is 3. The predicted octanol–water partition coefficient (Wildman–Crippen LogP) is 8.89. The number of unbranched alkanes of at least 4 members (excludes halogenated alkanes) is 3. The molecule has 152 valence electrons. The minimum absolute atomic E-state index is 0.101. The van der Waals surface area contributed by atoms with Crippen LogP contribution in [0.25, 0.3) is 21.9 Å². The van der Waals surface area contributed by atoms with Gasteiger partial charge < -0.3 is 0 Å². The highest BCUT2D eigenvalue weighted by Gasteiger charge is 2.22. The molecule has 0 amide bonds. The largest absolute Gasteiger partial charge is 0.206 e. The maximum absolute atomic E-state index is 15.2. The van der Waals surface area contributed by atoms with E-state index in [9.17, 15) is 0 Å². The molecule has 0 atom stereocenters. The lowest BCUT2D eigenvalue weighted by atomic mass is 9.76. The fourth-order valence-electron chi connectivity index (χ4n) is 5.05. The highest BCUT2D eigenvalue weighted by atomic mass is 19.1. The Morgan fingerprint density at radius 1 is 0.828 bits per heavy atom. The summed E-state index contributed by atoms with van der Waals surface area (Å²) in [7, 11) is 0. The Kier molecular flexibility index (Phi) is 6.64. The first-order valence-corrected chi connectivity index (χ1v) is 11.5. The molecule has 3 aromatic carbocycles. The van der Waals surface area contributed by atoms with Crippen LogP contribution in [0.2, 0.25) is 0 Å². The van der Waals surface area contributed by atoms with E-state index in [4.69, 9.17) is 0 Å². The van der Waals surface area contributed by atoms with Crippen LogP contribution in [0, 0.1) is 11.7 Å². The summed E-state index contributed by atoms with van der Waals surface area (Å²) >= 11 is 0. The molecule has 29 heavy (non-hydrogen) atoms. The molecule has 1 heteroatoms. The van der Waals surface area contributed by atoms with Gasteiger partial charge in [-0.3, -0.25) is 0 Å². The van der Waals surface area contributed by atoms with E-state index in [1.807, 2.05) is 42.5 Å². The SMILES string of the molecule is CCCCCCC1CCC(c2ccc3c(F)c(-c4ccccc4)ccc3c2)CC1. The topological polar surface area (TPSA) is 0 Å². The summed E-state index contributed by atoms with van der Waals surface area (Å²) in [4.78, 5) is 0. The van der Waals surface area contributed by atoms with Crippen LogP contribution in [0.15, 0.2) is 60.7 Å². The zero-order chi connectivity index (χ0) is 20.1. The van der Waals surface area contributed by atoms with Crippen molar-refractivity contribution in [3.63, 3.8) is 0 Å². The molecule has 0 aliphatic heterocycles. The second kappa shape index (κ2) is 9.57. The summed E-state index contributed by atoms with van der Waals surface area (Å²) in [6.07, 6.45) is 12.2. The minimum Gasteiger partial charge on any atom is -0.206 e. The van der Waals surface area contributed by atoms with Gasteiger partial charge in [0.25, 0.3) is 0 Å². The lowest BCUT2D eigenvalue weighted by Crippen LogP contribution is -2.13. The van der Waals surface area contributed by atoms with Gasteiger partial charge in [0.2, 0.25) is 0 Å². The second-order valence-electron chi connectivity index (χ2n) is 8.84. The van der Waals surface area contributed by atoms with Crippen molar-refractivity contribution < 1.29 is 4.39 Å². The number of fused-ring (bicyclic) bond motifs is 1. The third kappa shape index (κ3) is 4.71. The number of rotatable bonds is 7. The Morgan fingerprint density at radius 3 is 2.38 bits per heavy atom. The summed E-state index contributed by atoms with van der Waals surface area (Å²) in [6.45, 7) is 2.28. The van der Waals surface area contributed by atoms with Gasteiger partial charge in [0.15, 0.2) is 0 Å². The third-order valence-electron chi connectivity index (χ3n) is 6.85. The maximum atomic E-state index is 15.2. The van der Waals surface area contributed by atoms with Crippen LogP contribution >= 0.6 is 0 Å². The van der Waals surface area contributed by atoms with Crippen LogP contribution in [-0.2, 0) is 0 Å². The number of hydrogen-bond acceptors (Lipinski definition) is 0. The van der Waals surface area contributed by atoms with Crippen molar-refractivity contribution in [2.45, 2.75) is 70.6 Å². The molecule has 0 spiro atoms. The van der Waals surface area contributed by atoms with E-state index >= 15 is 4.39 Å². The average molecular weight is 389 g/mol. The number of halogens is 1. The van der Waals surface area contributed by atoms with Gasteiger partial charge >= 0.3 is 0 Å². The highest BCUT2D eigenvalue weighted by molar-refractivity contribution is 5.88. The zero-order valence-corrected chi connectivity index (χ0v) is 17.7. The van der Waals surface area contributed by atoms with E-state index in [1.54, 1.807) is 0 Å². The molecule has 0 saturated heterocycles. The first-order valence-electron chi connectivity index (χ1n) is 11.5. The van der Waals surface area contributed by atoms with E-state index in [0.29, 0.717) is 11.5 Å². The van der Waals surface area contributed by atoms with Crippen LogP contribution in [0.1, 0.15) is 76.2 Å².